The Bertz CT molecular complexity index is 448. The molecule has 3 heterocycles. The number of nitrogens with one attached hydrogen (secondary N) is 1. The molecular weight excluding hydrogens is 248 g/mol. The smallest absolute Gasteiger partial charge is 0.0573 e. The average molecular weight is 274 g/mol. The molecule has 4 heteroatoms. The zero-order valence-corrected chi connectivity index (χ0v) is 12.7. The van der Waals surface area contributed by atoms with Crippen molar-refractivity contribution in [2.24, 2.45) is 5.92 Å². The molecular formula is C16H26N4. The molecule has 2 aliphatic heterocycles. The van der Waals surface area contributed by atoms with Crippen molar-refractivity contribution in [1.29, 1.82) is 0 Å². The molecule has 110 valence electrons. The molecule has 0 aromatic carbocycles. The zero-order chi connectivity index (χ0) is 13.9. The van der Waals surface area contributed by atoms with Crippen LogP contribution in [0.5, 0.6) is 0 Å². The molecule has 2 saturated heterocycles. The second-order valence-corrected chi connectivity index (χ2v) is 6.15. The van der Waals surface area contributed by atoms with E-state index in [0.717, 1.165) is 30.7 Å². The first-order chi connectivity index (χ1) is 9.78. The van der Waals surface area contributed by atoms with E-state index in [-0.39, 0.29) is 0 Å². The van der Waals surface area contributed by atoms with E-state index in [9.17, 15) is 0 Å². The fourth-order valence-electron chi connectivity index (χ4n) is 3.79. The highest BCUT2D eigenvalue weighted by Gasteiger charge is 2.34. The molecule has 1 N–H and O–H groups in total. The van der Waals surface area contributed by atoms with Gasteiger partial charge in [0, 0.05) is 25.7 Å². The van der Waals surface area contributed by atoms with Gasteiger partial charge in [-0.15, -0.1) is 0 Å². The zero-order valence-electron chi connectivity index (χ0n) is 12.7. The van der Waals surface area contributed by atoms with Crippen LogP contribution in [0.25, 0.3) is 0 Å². The summed E-state index contributed by atoms with van der Waals surface area (Å²) in [5, 5.41) is 3.35. The van der Waals surface area contributed by atoms with Gasteiger partial charge < -0.3 is 15.1 Å². The van der Waals surface area contributed by atoms with Crippen molar-refractivity contribution in [3.05, 3.63) is 18.5 Å². The Morgan fingerprint density at radius 1 is 1.30 bits per heavy atom. The van der Waals surface area contributed by atoms with Gasteiger partial charge in [-0.05, 0) is 51.8 Å². The number of aromatic nitrogens is 1. The lowest BCUT2D eigenvalue weighted by molar-refractivity contribution is 0.102. The second-order valence-electron chi connectivity index (χ2n) is 6.15. The van der Waals surface area contributed by atoms with Crippen molar-refractivity contribution < 1.29 is 0 Å². The lowest BCUT2D eigenvalue weighted by Gasteiger charge is -2.46. The molecule has 0 spiro atoms. The first-order valence-electron chi connectivity index (χ1n) is 7.92. The quantitative estimate of drug-likeness (QED) is 0.917. The van der Waals surface area contributed by atoms with Gasteiger partial charge in [-0.1, -0.05) is 0 Å². The van der Waals surface area contributed by atoms with Crippen molar-refractivity contribution in [1.82, 2.24) is 9.88 Å². The van der Waals surface area contributed by atoms with E-state index in [1.54, 1.807) is 0 Å². The molecule has 2 atom stereocenters. The molecule has 1 aromatic rings. The summed E-state index contributed by atoms with van der Waals surface area (Å²) in [5.41, 5.74) is 2.41. The van der Waals surface area contributed by atoms with Gasteiger partial charge in [-0.25, -0.2) is 0 Å². The van der Waals surface area contributed by atoms with Crippen molar-refractivity contribution in [3.63, 3.8) is 0 Å². The fourth-order valence-corrected chi connectivity index (χ4v) is 3.79. The lowest BCUT2D eigenvalue weighted by atomic mass is 9.84. The van der Waals surface area contributed by atoms with E-state index in [4.69, 9.17) is 0 Å². The van der Waals surface area contributed by atoms with Crippen LogP contribution in [0, 0.1) is 5.92 Å². The minimum Gasteiger partial charge on any atom is -0.384 e. The van der Waals surface area contributed by atoms with Crippen LogP contribution in [0.4, 0.5) is 11.4 Å². The SMILES string of the molecule is CCNc1cncc(N2CCC3C(CCCN3C)C2)c1. The van der Waals surface area contributed by atoms with Gasteiger partial charge in [0.2, 0.25) is 0 Å². The van der Waals surface area contributed by atoms with Gasteiger partial charge in [0.15, 0.2) is 0 Å². The number of hydrogen-bond donors (Lipinski definition) is 1. The second kappa shape index (κ2) is 6.00. The number of likely N-dealkylation sites (tertiary alicyclic amines) is 1. The van der Waals surface area contributed by atoms with E-state index >= 15 is 0 Å². The van der Waals surface area contributed by atoms with Gasteiger partial charge in [0.1, 0.15) is 0 Å². The van der Waals surface area contributed by atoms with Crippen LogP contribution in [-0.4, -0.2) is 49.2 Å². The number of piperidine rings is 2. The first-order valence-corrected chi connectivity index (χ1v) is 7.92. The first kappa shape index (κ1) is 13.7. The summed E-state index contributed by atoms with van der Waals surface area (Å²) in [4.78, 5) is 9.47. The van der Waals surface area contributed by atoms with E-state index < -0.39 is 0 Å². The largest absolute Gasteiger partial charge is 0.384 e. The van der Waals surface area contributed by atoms with Crippen molar-refractivity contribution in [3.8, 4) is 0 Å². The van der Waals surface area contributed by atoms with E-state index in [1.165, 1.54) is 38.0 Å². The highest BCUT2D eigenvalue weighted by Crippen LogP contribution is 2.32. The molecule has 0 saturated carbocycles. The molecule has 2 aliphatic rings. The predicted molar refractivity (Wildman–Crippen MR) is 84.4 cm³/mol. The molecule has 0 aliphatic carbocycles. The number of pyridine rings is 1. The summed E-state index contributed by atoms with van der Waals surface area (Å²) >= 11 is 0. The Morgan fingerprint density at radius 2 is 2.20 bits per heavy atom. The van der Waals surface area contributed by atoms with E-state index in [2.05, 4.69) is 40.1 Å². The Balaban J connectivity index is 1.71. The Hall–Kier alpha value is -1.29. The minimum absolute atomic E-state index is 0.796. The van der Waals surface area contributed by atoms with E-state index in [0.29, 0.717) is 0 Å². The fraction of sp³-hybridized carbons (Fsp3) is 0.688. The van der Waals surface area contributed by atoms with Gasteiger partial charge >= 0.3 is 0 Å². The summed E-state index contributed by atoms with van der Waals surface area (Å²) in [5.74, 6) is 0.824. The number of anilines is 2. The van der Waals surface area contributed by atoms with Crippen LogP contribution in [0.15, 0.2) is 18.5 Å². The number of fused-ring (bicyclic) bond motifs is 1. The average Bonchev–Trinajstić information content (AvgIpc) is 2.48. The molecule has 20 heavy (non-hydrogen) atoms. The maximum Gasteiger partial charge on any atom is 0.0573 e. The third kappa shape index (κ3) is 2.75. The van der Waals surface area contributed by atoms with Crippen LogP contribution in [0.3, 0.4) is 0 Å². The third-order valence-corrected chi connectivity index (χ3v) is 4.82. The predicted octanol–water partition coefficient (Wildman–Crippen LogP) is 2.43. The molecule has 0 amide bonds. The summed E-state index contributed by atoms with van der Waals surface area (Å²) in [6.07, 6.45) is 7.93. The van der Waals surface area contributed by atoms with Crippen LogP contribution < -0.4 is 10.2 Å². The Kier molecular flexibility index (Phi) is 4.10. The third-order valence-electron chi connectivity index (χ3n) is 4.82. The maximum atomic E-state index is 4.38. The molecule has 1 aromatic heterocycles. The van der Waals surface area contributed by atoms with Crippen LogP contribution in [-0.2, 0) is 0 Å². The van der Waals surface area contributed by atoms with Gasteiger partial charge in [0.05, 0.1) is 23.8 Å². The van der Waals surface area contributed by atoms with Crippen molar-refractivity contribution in [2.45, 2.75) is 32.2 Å². The van der Waals surface area contributed by atoms with Crippen molar-refractivity contribution in [2.75, 3.05) is 43.4 Å². The maximum absolute atomic E-state index is 4.38. The van der Waals surface area contributed by atoms with E-state index in [1.807, 2.05) is 12.4 Å². The summed E-state index contributed by atoms with van der Waals surface area (Å²) in [6, 6.07) is 3.04. The molecule has 4 nitrogen and oxygen atoms in total. The monoisotopic (exact) mass is 274 g/mol. The molecule has 3 rings (SSSR count). The molecule has 0 radical (unpaired) electrons. The van der Waals surface area contributed by atoms with Crippen LogP contribution in [0.2, 0.25) is 0 Å². The molecule has 2 fully saturated rings. The van der Waals surface area contributed by atoms with Crippen molar-refractivity contribution >= 4 is 11.4 Å². The minimum atomic E-state index is 0.796. The normalized spacial score (nSPS) is 27.2. The Morgan fingerprint density at radius 3 is 3.05 bits per heavy atom. The summed E-state index contributed by atoms with van der Waals surface area (Å²) < 4.78 is 0. The standard InChI is InChI=1S/C16H26N4/c1-3-18-14-9-15(11-17-10-14)20-8-6-16-13(12-20)5-4-7-19(16)2/h9-11,13,16,18H,3-8,12H2,1-2H3. The summed E-state index contributed by atoms with van der Waals surface area (Å²) in [7, 11) is 2.29. The van der Waals surface area contributed by atoms with Crippen LogP contribution in [0.1, 0.15) is 26.2 Å². The Labute approximate surface area is 122 Å². The summed E-state index contributed by atoms with van der Waals surface area (Å²) in [6.45, 7) is 6.68. The molecule has 2 unspecified atom stereocenters. The number of nitrogens with zero attached hydrogens (tertiary/aromatic N) is 3. The highest BCUT2D eigenvalue weighted by molar-refractivity contribution is 5.55. The topological polar surface area (TPSA) is 31.4 Å². The highest BCUT2D eigenvalue weighted by atomic mass is 15.2. The number of rotatable bonds is 3. The van der Waals surface area contributed by atoms with Gasteiger partial charge in [-0.3, -0.25) is 4.98 Å². The van der Waals surface area contributed by atoms with Crippen LogP contribution >= 0.6 is 0 Å². The van der Waals surface area contributed by atoms with Gasteiger partial charge in [-0.2, -0.15) is 0 Å². The number of hydrogen-bond acceptors (Lipinski definition) is 4. The lowest BCUT2D eigenvalue weighted by Crippen LogP contribution is -2.52. The molecule has 0 bridgehead atoms. The van der Waals surface area contributed by atoms with Gasteiger partial charge in [0.25, 0.3) is 0 Å².